The number of nitrogens with zero attached hydrogens (tertiary/aromatic N) is 3. The summed E-state index contributed by atoms with van der Waals surface area (Å²) in [7, 11) is 0. The van der Waals surface area contributed by atoms with E-state index in [-0.39, 0.29) is 5.91 Å². The maximum absolute atomic E-state index is 12.5. The molecule has 0 radical (unpaired) electrons. The highest BCUT2D eigenvalue weighted by Crippen LogP contribution is 2.39. The SMILES string of the molecule is Cc1ccn(CCC(=O)N2C[C@H]3CC(Oc4ccccc4)C[C@H]3C2)n1. The molecule has 1 aromatic carbocycles. The number of aromatic nitrogens is 2. The third-order valence-corrected chi connectivity index (χ3v) is 5.44. The minimum absolute atomic E-state index is 0.253. The number of para-hydroxylation sites is 1. The van der Waals surface area contributed by atoms with Crippen molar-refractivity contribution in [1.82, 2.24) is 14.7 Å². The van der Waals surface area contributed by atoms with Crippen molar-refractivity contribution in [2.24, 2.45) is 11.8 Å². The Bertz CT molecular complexity index is 714. The minimum Gasteiger partial charge on any atom is -0.490 e. The van der Waals surface area contributed by atoms with Crippen LogP contribution in [-0.2, 0) is 11.3 Å². The summed E-state index contributed by atoms with van der Waals surface area (Å²) in [4.78, 5) is 14.5. The van der Waals surface area contributed by atoms with Crippen LogP contribution in [0.1, 0.15) is 25.0 Å². The van der Waals surface area contributed by atoms with E-state index in [2.05, 4.69) is 5.10 Å². The third-order valence-electron chi connectivity index (χ3n) is 5.44. The number of benzene rings is 1. The summed E-state index contributed by atoms with van der Waals surface area (Å²) in [6.07, 6.45) is 4.88. The fourth-order valence-corrected chi connectivity index (χ4v) is 4.19. The van der Waals surface area contributed by atoms with Gasteiger partial charge in [-0.15, -0.1) is 0 Å². The number of fused-ring (bicyclic) bond motifs is 1. The first-order valence-electron chi connectivity index (χ1n) is 9.17. The van der Waals surface area contributed by atoms with Crippen LogP contribution in [0.25, 0.3) is 0 Å². The molecular formula is C20H25N3O2. The number of carbonyl (C=O) groups is 1. The summed E-state index contributed by atoms with van der Waals surface area (Å²) in [6.45, 7) is 4.40. The number of ether oxygens (including phenoxy) is 1. The van der Waals surface area contributed by atoms with E-state index in [0.717, 1.165) is 37.4 Å². The topological polar surface area (TPSA) is 47.4 Å². The summed E-state index contributed by atoms with van der Waals surface area (Å²) >= 11 is 0. The van der Waals surface area contributed by atoms with Gasteiger partial charge < -0.3 is 9.64 Å². The van der Waals surface area contributed by atoms with Crippen LogP contribution in [0.3, 0.4) is 0 Å². The molecule has 5 heteroatoms. The van der Waals surface area contributed by atoms with E-state index in [1.165, 1.54) is 0 Å². The maximum atomic E-state index is 12.5. The number of hydrogen-bond acceptors (Lipinski definition) is 3. The second-order valence-electron chi connectivity index (χ2n) is 7.31. The molecule has 25 heavy (non-hydrogen) atoms. The van der Waals surface area contributed by atoms with Crippen LogP contribution in [0.15, 0.2) is 42.6 Å². The smallest absolute Gasteiger partial charge is 0.224 e. The lowest BCUT2D eigenvalue weighted by Crippen LogP contribution is -2.31. The summed E-state index contributed by atoms with van der Waals surface area (Å²) < 4.78 is 7.96. The molecule has 0 spiro atoms. The monoisotopic (exact) mass is 339 g/mol. The first kappa shape index (κ1) is 16.2. The molecule has 132 valence electrons. The molecule has 1 aliphatic heterocycles. The van der Waals surface area contributed by atoms with Crippen LogP contribution in [0.2, 0.25) is 0 Å². The van der Waals surface area contributed by atoms with Crippen molar-refractivity contribution in [3.8, 4) is 5.75 Å². The Balaban J connectivity index is 1.25. The van der Waals surface area contributed by atoms with Crippen molar-refractivity contribution in [2.45, 2.75) is 38.8 Å². The molecule has 1 unspecified atom stereocenters. The van der Waals surface area contributed by atoms with Crippen LogP contribution in [-0.4, -0.2) is 39.8 Å². The normalized spacial score (nSPS) is 25.2. The number of likely N-dealkylation sites (tertiary alicyclic amines) is 1. The lowest BCUT2D eigenvalue weighted by molar-refractivity contribution is -0.130. The van der Waals surface area contributed by atoms with Gasteiger partial charge in [0.1, 0.15) is 5.75 Å². The Morgan fingerprint density at radius 1 is 1.16 bits per heavy atom. The summed E-state index contributed by atoms with van der Waals surface area (Å²) in [5.41, 5.74) is 0.993. The molecule has 3 atom stereocenters. The average molecular weight is 339 g/mol. The van der Waals surface area contributed by atoms with Gasteiger partial charge in [-0.25, -0.2) is 0 Å². The predicted octanol–water partition coefficient (Wildman–Crippen LogP) is 2.90. The van der Waals surface area contributed by atoms with Crippen LogP contribution in [0.5, 0.6) is 5.75 Å². The molecule has 1 saturated carbocycles. The molecular weight excluding hydrogens is 314 g/mol. The molecule has 1 aromatic heterocycles. The minimum atomic E-state index is 0.253. The van der Waals surface area contributed by atoms with Crippen molar-refractivity contribution in [3.63, 3.8) is 0 Å². The molecule has 0 N–H and O–H groups in total. The van der Waals surface area contributed by atoms with Gasteiger partial charge in [0.05, 0.1) is 11.8 Å². The predicted molar refractivity (Wildman–Crippen MR) is 95.2 cm³/mol. The Hall–Kier alpha value is -2.30. The van der Waals surface area contributed by atoms with Crippen molar-refractivity contribution in [2.75, 3.05) is 13.1 Å². The number of amides is 1. The van der Waals surface area contributed by atoms with Gasteiger partial charge >= 0.3 is 0 Å². The zero-order valence-electron chi connectivity index (χ0n) is 14.7. The Morgan fingerprint density at radius 2 is 1.88 bits per heavy atom. The highest BCUT2D eigenvalue weighted by Gasteiger charge is 2.43. The maximum Gasteiger partial charge on any atom is 0.224 e. The van der Waals surface area contributed by atoms with Crippen molar-refractivity contribution < 1.29 is 9.53 Å². The largest absolute Gasteiger partial charge is 0.490 e. The van der Waals surface area contributed by atoms with Crippen molar-refractivity contribution in [3.05, 3.63) is 48.3 Å². The highest BCUT2D eigenvalue weighted by atomic mass is 16.5. The van der Waals surface area contributed by atoms with Gasteiger partial charge in [-0.1, -0.05) is 18.2 Å². The van der Waals surface area contributed by atoms with E-state index < -0.39 is 0 Å². The second-order valence-corrected chi connectivity index (χ2v) is 7.31. The molecule has 2 heterocycles. The average Bonchev–Trinajstić information content (AvgIpc) is 3.28. The van der Waals surface area contributed by atoms with Crippen LogP contribution < -0.4 is 4.74 Å². The van der Waals surface area contributed by atoms with Gasteiger partial charge in [-0.05, 0) is 49.8 Å². The number of hydrogen-bond donors (Lipinski definition) is 0. The van der Waals surface area contributed by atoms with Crippen molar-refractivity contribution in [1.29, 1.82) is 0 Å². The number of aryl methyl sites for hydroxylation is 2. The first-order chi connectivity index (χ1) is 12.2. The molecule has 1 saturated heterocycles. The Kier molecular flexibility index (Phi) is 4.47. The molecule has 2 aromatic rings. The Labute approximate surface area is 148 Å². The van der Waals surface area contributed by atoms with Gasteiger partial charge in [0.2, 0.25) is 5.91 Å². The lowest BCUT2D eigenvalue weighted by atomic mass is 10.0. The van der Waals surface area contributed by atoms with E-state index in [1.54, 1.807) is 0 Å². The van der Waals surface area contributed by atoms with E-state index >= 15 is 0 Å². The quantitative estimate of drug-likeness (QED) is 0.841. The fourth-order valence-electron chi connectivity index (χ4n) is 4.19. The molecule has 1 amide bonds. The molecule has 4 rings (SSSR count). The summed E-state index contributed by atoms with van der Waals surface area (Å²) in [6, 6.07) is 12.0. The number of rotatable bonds is 5. The van der Waals surface area contributed by atoms with Gasteiger partial charge in [0.15, 0.2) is 0 Å². The van der Waals surface area contributed by atoms with Crippen LogP contribution in [0, 0.1) is 18.8 Å². The molecule has 0 bridgehead atoms. The second kappa shape index (κ2) is 6.90. The highest BCUT2D eigenvalue weighted by molar-refractivity contribution is 5.76. The first-order valence-corrected chi connectivity index (χ1v) is 9.17. The van der Waals surface area contributed by atoms with Crippen molar-refractivity contribution >= 4 is 5.91 Å². The van der Waals surface area contributed by atoms with E-state index in [4.69, 9.17) is 4.74 Å². The fraction of sp³-hybridized carbons (Fsp3) is 0.500. The molecule has 5 nitrogen and oxygen atoms in total. The lowest BCUT2D eigenvalue weighted by Gasteiger charge is -2.20. The van der Waals surface area contributed by atoms with Gasteiger partial charge in [-0.3, -0.25) is 9.48 Å². The zero-order valence-corrected chi connectivity index (χ0v) is 14.7. The Morgan fingerprint density at radius 3 is 2.52 bits per heavy atom. The van der Waals surface area contributed by atoms with Crippen LogP contribution in [0.4, 0.5) is 0 Å². The standard InChI is InChI=1S/C20H25N3O2/c1-15-7-9-23(21-15)10-8-20(24)22-13-16-11-19(12-17(16)14-22)25-18-5-3-2-4-6-18/h2-7,9,16-17,19H,8,10-14H2,1H3/t16-,17+,19?. The number of carbonyl (C=O) groups excluding carboxylic acids is 1. The molecule has 2 aliphatic rings. The van der Waals surface area contributed by atoms with Gasteiger partial charge in [0, 0.05) is 32.3 Å². The molecule has 2 fully saturated rings. The zero-order chi connectivity index (χ0) is 17.2. The van der Waals surface area contributed by atoms with Gasteiger partial charge in [-0.2, -0.15) is 5.10 Å². The summed E-state index contributed by atoms with van der Waals surface area (Å²) in [5, 5.41) is 4.35. The molecule has 1 aliphatic carbocycles. The van der Waals surface area contributed by atoms with E-state index in [9.17, 15) is 4.79 Å². The van der Waals surface area contributed by atoms with E-state index in [1.807, 2.05) is 59.1 Å². The van der Waals surface area contributed by atoms with Gasteiger partial charge in [0.25, 0.3) is 0 Å². The third kappa shape index (κ3) is 3.70. The summed E-state index contributed by atoms with van der Waals surface area (Å²) in [5.74, 6) is 2.38. The van der Waals surface area contributed by atoms with E-state index in [0.29, 0.717) is 30.9 Å². The van der Waals surface area contributed by atoms with Crippen LogP contribution >= 0.6 is 0 Å².